The van der Waals surface area contributed by atoms with Crippen molar-refractivity contribution in [2.24, 2.45) is 0 Å². The van der Waals surface area contributed by atoms with Crippen molar-refractivity contribution in [3.05, 3.63) is 76.8 Å². The molecule has 0 N–H and O–H groups in total. The summed E-state index contributed by atoms with van der Waals surface area (Å²) in [4.78, 5) is 20.1. The third-order valence-corrected chi connectivity index (χ3v) is 6.51. The van der Waals surface area contributed by atoms with Gasteiger partial charge in [0.2, 0.25) is 5.91 Å². The highest BCUT2D eigenvalue weighted by Crippen LogP contribution is 2.42. The van der Waals surface area contributed by atoms with Crippen LogP contribution in [-0.4, -0.2) is 21.8 Å². The normalized spacial score (nSPS) is 18.3. The second kappa shape index (κ2) is 6.93. The monoisotopic (exact) mass is 374 g/mol. The molecule has 27 heavy (non-hydrogen) atoms. The Morgan fingerprint density at radius 1 is 1.04 bits per heavy atom. The van der Waals surface area contributed by atoms with Crippen LogP contribution in [0.2, 0.25) is 0 Å². The Hall–Kier alpha value is -2.46. The van der Waals surface area contributed by atoms with Gasteiger partial charge in [-0.1, -0.05) is 54.6 Å². The third-order valence-electron chi connectivity index (χ3n) is 5.57. The average Bonchev–Trinajstić information content (AvgIpc) is 3.27. The van der Waals surface area contributed by atoms with Crippen molar-refractivity contribution in [3.8, 4) is 10.6 Å². The quantitative estimate of drug-likeness (QED) is 0.627. The Morgan fingerprint density at radius 2 is 1.81 bits per heavy atom. The van der Waals surface area contributed by atoms with Crippen LogP contribution in [0.4, 0.5) is 0 Å². The van der Waals surface area contributed by atoms with Crippen LogP contribution in [0.3, 0.4) is 0 Å². The maximum atomic E-state index is 13.2. The van der Waals surface area contributed by atoms with Crippen LogP contribution in [0, 0.1) is 0 Å². The molecule has 0 spiro atoms. The van der Waals surface area contributed by atoms with Gasteiger partial charge < -0.3 is 4.90 Å². The van der Waals surface area contributed by atoms with Gasteiger partial charge in [-0.05, 0) is 36.8 Å². The molecule has 2 aliphatic carbocycles. The van der Waals surface area contributed by atoms with Crippen LogP contribution in [0.1, 0.15) is 42.1 Å². The SMILES string of the molecule is O=C(Cc1csc(-c2ccccc2)n1)N(C1CC1)C1CCc2ccccc21. The molecule has 4 heteroatoms. The molecule has 0 bridgehead atoms. The Kier molecular flexibility index (Phi) is 4.29. The van der Waals surface area contributed by atoms with E-state index in [1.54, 1.807) is 11.3 Å². The minimum Gasteiger partial charge on any atom is -0.332 e. The van der Waals surface area contributed by atoms with E-state index in [9.17, 15) is 4.79 Å². The van der Waals surface area contributed by atoms with Crippen molar-refractivity contribution in [1.82, 2.24) is 9.88 Å². The minimum atomic E-state index is 0.226. The van der Waals surface area contributed by atoms with E-state index in [-0.39, 0.29) is 11.9 Å². The number of hydrogen-bond acceptors (Lipinski definition) is 3. The molecule has 2 aromatic carbocycles. The van der Waals surface area contributed by atoms with Gasteiger partial charge in [0.25, 0.3) is 0 Å². The number of aromatic nitrogens is 1. The number of thiazole rings is 1. The average molecular weight is 375 g/mol. The fourth-order valence-corrected chi connectivity index (χ4v) is 4.98. The molecule has 1 aromatic heterocycles. The van der Waals surface area contributed by atoms with Gasteiger partial charge in [-0.15, -0.1) is 11.3 Å². The van der Waals surface area contributed by atoms with Crippen molar-refractivity contribution in [3.63, 3.8) is 0 Å². The Balaban J connectivity index is 1.36. The summed E-state index contributed by atoms with van der Waals surface area (Å²) in [6, 6.07) is 19.4. The van der Waals surface area contributed by atoms with Crippen LogP contribution >= 0.6 is 11.3 Å². The molecule has 5 rings (SSSR count). The van der Waals surface area contributed by atoms with E-state index in [1.165, 1.54) is 11.1 Å². The number of aryl methyl sites for hydroxylation is 1. The number of benzene rings is 2. The molecule has 1 unspecified atom stereocenters. The standard InChI is InChI=1S/C23H22N2OS/c26-22(14-18-15-27-23(24-18)17-7-2-1-3-8-17)25(19-11-12-19)21-13-10-16-6-4-5-9-20(16)21/h1-9,15,19,21H,10-14H2. The highest BCUT2D eigenvalue weighted by Gasteiger charge is 2.40. The number of nitrogens with zero attached hydrogens (tertiary/aromatic N) is 2. The highest BCUT2D eigenvalue weighted by molar-refractivity contribution is 7.13. The van der Waals surface area contributed by atoms with Gasteiger partial charge in [0.1, 0.15) is 5.01 Å². The van der Waals surface area contributed by atoms with Crippen molar-refractivity contribution in [2.75, 3.05) is 0 Å². The van der Waals surface area contributed by atoms with E-state index >= 15 is 0 Å². The van der Waals surface area contributed by atoms with Crippen molar-refractivity contribution < 1.29 is 4.79 Å². The number of carbonyl (C=O) groups is 1. The van der Waals surface area contributed by atoms with Gasteiger partial charge in [0.15, 0.2) is 0 Å². The van der Waals surface area contributed by atoms with Gasteiger partial charge in [0, 0.05) is 17.0 Å². The van der Waals surface area contributed by atoms with Crippen LogP contribution in [0.5, 0.6) is 0 Å². The molecule has 1 fully saturated rings. The van der Waals surface area contributed by atoms with E-state index in [0.29, 0.717) is 12.5 Å². The maximum Gasteiger partial charge on any atom is 0.229 e. The summed E-state index contributed by atoms with van der Waals surface area (Å²) in [5.41, 5.74) is 4.76. The fourth-order valence-electron chi connectivity index (χ4n) is 4.16. The first kappa shape index (κ1) is 16.7. The summed E-state index contributed by atoms with van der Waals surface area (Å²) in [7, 11) is 0. The van der Waals surface area contributed by atoms with Crippen LogP contribution in [0.25, 0.3) is 10.6 Å². The molecule has 3 nitrogen and oxygen atoms in total. The first-order valence-electron chi connectivity index (χ1n) is 9.68. The van der Waals surface area contributed by atoms with Gasteiger partial charge >= 0.3 is 0 Å². The van der Waals surface area contributed by atoms with Crippen molar-refractivity contribution in [1.29, 1.82) is 0 Å². The number of carbonyl (C=O) groups excluding carboxylic acids is 1. The lowest BCUT2D eigenvalue weighted by Gasteiger charge is -2.30. The molecule has 2 aliphatic rings. The molecular formula is C23H22N2OS. The van der Waals surface area contributed by atoms with Gasteiger partial charge in [-0.2, -0.15) is 0 Å². The van der Waals surface area contributed by atoms with Gasteiger partial charge in [-0.25, -0.2) is 4.98 Å². The van der Waals surface area contributed by atoms with Crippen LogP contribution in [0.15, 0.2) is 60.0 Å². The summed E-state index contributed by atoms with van der Waals surface area (Å²) < 4.78 is 0. The summed E-state index contributed by atoms with van der Waals surface area (Å²) in [6.45, 7) is 0. The summed E-state index contributed by atoms with van der Waals surface area (Å²) >= 11 is 1.62. The predicted molar refractivity (Wildman–Crippen MR) is 109 cm³/mol. The van der Waals surface area contributed by atoms with Crippen LogP contribution < -0.4 is 0 Å². The summed E-state index contributed by atoms with van der Waals surface area (Å²) in [6.07, 6.45) is 4.80. The Bertz CT molecular complexity index is 961. The lowest BCUT2D eigenvalue weighted by atomic mass is 10.1. The Morgan fingerprint density at radius 3 is 2.63 bits per heavy atom. The minimum absolute atomic E-state index is 0.226. The number of hydrogen-bond donors (Lipinski definition) is 0. The number of fused-ring (bicyclic) bond motifs is 1. The fraction of sp³-hybridized carbons (Fsp3) is 0.304. The molecule has 1 amide bonds. The maximum absolute atomic E-state index is 13.2. The highest BCUT2D eigenvalue weighted by atomic mass is 32.1. The number of amides is 1. The van der Waals surface area contributed by atoms with E-state index in [1.807, 2.05) is 23.6 Å². The molecule has 0 saturated heterocycles. The molecular weight excluding hydrogens is 352 g/mol. The summed E-state index contributed by atoms with van der Waals surface area (Å²) in [5, 5.41) is 3.02. The van der Waals surface area contributed by atoms with Crippen LogP contribution in [-0.2, 0) is 17.6 Å². The van der Waals surface area contributed by atoms with E-state index in [2.05, 4.69) is 41.3 Å². The lowest BCUT2D eigenvalue weighted by molar-refractivity contribution is -0.133. The zero-order chi connectivity index (χ0) is 18.2. The largest absolute Gasteiger partial charge is 0.332 e. The second-order valence-electron chi connectivity index (χ2n) is 7.47. The molecule has 0 aliphatic heterocycles. The smallest absolute Gasteiger partial charge is 0.229 e. The second-order valence-corrected chi connectivity index (χ2v) is 8.33. The molecule has 3 aromatic rings. The van der Waals surface area contributed by atoms with Gasteiger partial charge in [-0.3, -0.25) is 4.79 Å². The first-order chi connectivity index (χ1) is 13.3. The Labute approximate surface area is 163 Å². The van der Waals surface area contributed by atoms with E-state index in [4.69, 9.17) is 4.98 Å². The van der Waals surface area contributed by atoms with Gasteiger partial charge in [0.05, 0.1) is 18.2 Å². The van der Waals surface area contributed by atoms with E-state index < -0.39 is 0 Å². The van der Waals surface area contributed by atoms with Crippen molar-refractivity contribution >= 4 is 17.2 Å². The lowest BCUT2D eigenvalue weighted by Crippen LogP contribution is -2.37. The molecule has 1 saturated carbocycles. The molecule has 136 valence electrons. The zero-order valence-corrected chi connectivity index (χ0v) is 16.0. The third kappa shape index (κ3) is 3.30. The zero-order valence-electron chi connectivity index (χ0n) is 15.2. The topological polar surface area (TPSA) is 33.2 Å². The van der Waals surface area contributed by atoms with Crippen molar-refractivity contribution in [2.45, 2.75) is 44.2 Å². The summed E-state index contributed by atoms with van der Waals surface area (Å²) in [5.74, 6) is 0.226. The molecule has 0 radical (unpaired) electrons. The van der Waals surface area contributed by atoms with E-state index in [0.717, 1.165) is 41.9 Å². The molecule has 1 atom stereocenters. The number of rotatable bonds is 5. The first-order valence-corrected chi connectivity index (χ1v) is 10.6. The predicted octanol–water partition coefficient (Wildman–Crippen LogP) is 5.03. The molecule has 1 heterocycles.